The van der Waals surface area contributed by atoms with Crippen LogP contribution in [-0.2, 0) is 19.1 Å². The molecule has 8 heteroatoms. The second-order valence-corrected chi connectivity index (χ2v) is 20.0. The van der Waals surface area contributed by atoms with E-state index in [0.717, 1.165) is 76.3 Å². The third-order valence-corrected chi connectivity index (χ3v) is 16.6. The number of carbonyl (C=O) groups is 3. The third-order valence-electron chi connectivity index (χ3n) is 16.6. The maximum atomic E-state index is 14.0. The van der Waals surface area contributed by atoms with Gasteiger partial charge in [-0.05, 0) is 130 Å². The number of carbonyl (C=O) groups excluding carboxylic acids is 2. The fraction of sp³-hybridized carbons (Fsp3) is 0.881. The number of hydrogen-bond donors (Lipinski definition) is 3. The van der Waals surface area contributed by atoms with Gasteiger partial charge in [-0.1, -0.05) is 54.0 Å². The molecule has 5 aliphatic carbocycles. The first-order valence-electron chi connectivity index (χ1n) is 19.9. The standard InChI is InChI=1S/C42H67NO7/c1-25(2)34-28(45)21-42(31(46)23-43-20-10-11-26(43)24-44)19-18-40(8)27(35(34)42)12-13-30-39(7)16-15-32(50-33(47)22-37(3,4)36(48)49)38(5,6)29(39)14-17-41(30,40)9/h25-27,29-32,44,46H,10-24H2,1-9H3,(H,48,49)/t26-,27+,29?,30?,31+,32-,39-,40+,41+,42-/m0/s1. The number of allylic oxidation sites excluding steroid dienone is 1. The smallest absolute Gasteiger partial charge is 0.309 e. The van der Waals surface area contributed by atoms with Crippen LogP contribution in [0.2, 0.25) is 0 Å². The summed E-state index contributed by atoms with van der Waals surface area (Å²) < 4.78 is 6.16. The number of Topliss-reactive ketones (excluding diaryl/α,β-unsaturated/α-hetero) is 1. The zero-order valence-electron chi connectivity index (χ0n) is 32.6. The van der Waals surface area contributed by atoms with Crippen molar-refractivity contribution in [2.45, 2.75) is 158 Å². The van der Waals surface area contributed by atoms with Gasteiger partial charge in [0.2, 0.25) is 0 Å². The van der Waals surface area contributed by atoms with E-state index in [1.54, 1.807) is 13.8 Å². The molecule has 0 spiro atoms. The topological polar surface area (TPSA) is 124 Å². The van der Waals surface area contributed by atoms with Gasteiger partial charge in [0.15, 0.2) is 5.78 Å². The Balaban J connectivity index is 1.29. The second kappa shape index (κ2) is 12.7. The molecule has 4 saturated carbocycles. The summed E-state index contributed by atoms with van der Waals surface area (Å²) in [5, 5.41) is 31.9. The average molecular weight is 698 g/mol. The molecule has 0 aromatic rings. The fourth-order valence-electron chi connectivity index (χ4n) is 13.7. The molecule has 6 rings (SSSR count). The van der Waals surface area contributed by atoms with Crippen LogP contribution in [0.5, 0.6) is 0 Å². The molecule has 2 unspecified atom stereocenters. The predicted molar refractivity (Wildman–Crippen MR) is 193 cm³/mol. The molecule has 282 valence electrons. The van der Waals surface area contributed by atoms with E-state index < -0.39 is 28.9 Å². The highest BCUT2D eigenvalue weighted by Crippen LogP contribution is 2.77. The molecule has 5 fully saturated rings. The Morgan fingerprint density at radius 1 is 0.940 bits per heavy atom. The first kappa shape index (κ1) is 38.0. The van der Waals surface area contributed by atoms with Crippen molar-refractivity contribution in [3.63, 3.8) is 0 Å². The molecule has 3 N–H and O–H groups in total. The summed E-state index contributed by atoms with van der Waals surface area (Å²) in [7, 11) is 0. The van der Waals surface area contributed by atoms with E-state index in [1.807, 2.05) is 0 Å². The van der Waals surface area contributed by atoms with Crippen molar-refractivity contribution in [3.8, 4) is 0 Å². The molecular weight excluding hydrogens is 630 g/mol. The van der Waals surface area contributed by atoms with Gasteiger partial charge in [0.25, 0.3) is 0 Å². The highest BCUT2D eigenvalue weighted by Gasteiger charge is 2.71. The first-order valence-corrected chi connectivity index (χ1v) is 19.9. The zero-order valence-corrected chi connectivity index (χ0v) is 32.6. The van der Waals surface area contributed by atoms with Gasteiger partial charge in [0.05, 0.1) is 24.5 Å². The van der Waals surface area contributed by atoms with Crippen molar-refractivity contribution in [1.82, 2.24) is 4.90 Å². The van der Waals surface area contributed by atoms with Gasteiger partial charge in [-0.15, -0.1) is 0 Å². The summed E-state index contributed by atoms with van der Waals surface area (Å²) in [6.45, 7) is 21.1. The number of fused-ring (bicyclic) bond motifs is 7. The monoisotopic (exact) mass is 697 g/mol. The number of nitrogens with zero attached hydrogens (tertiary/aromatic N) is 1. The lowest BCUT2D eigenvalue weighted by molar-refractivity contribution is -0.235. The van der Waals surface area contributed by atoms with Crippen LogP contribution in [0, 0.1) is 56.2 Å². The molecule has 8 nitrogen and oxygen atoms in total. The lowest BCUT2D eigenvalue weighted by atomic mass is 9.33. The number of aliphatic carboxylic acids is 1. The van der Waals surface area contributed by atoms with Gasteiger partial charge in [-0.2, -0.15) is 0 Å². The minimum absolute atomic E-state index is 0.00956. The molecule has 0 aromatic carbocycles. The maximum Gasteiger partial charge on any atom is 0.309 e. The van der Waals surface area contributed by atoms with Gasteiger partial charge in [-0.25, -0.2) is 0 Å². The van der Waals surface area contributed by atoms with Crippen molar-refractivity contribution >= 4 is 17.7 Å². The van der Waals surface area contributed by atoms with Crippen LogP contribution in [0.3, 0.4) is 0 Å². The summed E-state index contributed by atoms with van der Waals surface area (Å²) in [5.74, 6) is 0.0611. The Morgan fingerprint density at radius 2 is 1.64 bits per heavy atom. The SMILES string of the molecule is CC(C)C1=C2[C@H]3CCC4[C@@]5(C)CC[C@H](OC(=O)CC(C)(C)C(=O)O)C(C)(C)C5CC[C@@]4(C)[C@]3(C)CC[C@@]2([C@H](O)CN2CCC[C@H]2CO)CC1=O. The van der Waals surface area contributed by atoms with Gasteiger partial charge >= 0.3 is 11.9 Å². The molecule has 6 aliphatic rings. The molecule has 0 amide bonds. The molecule has 1 aliphatic heterocycles. The third kappa shape index (κ3) is 5.49. The molecule has 0 bridgehead atoms. The number of carboxylic acid groups (broad SMARTS) is 1. The summed E-state index contributed by atoms with van der Waals surface area (Å²) in [6, 6.07) is 0.0914. The van der Waals surface area contributed by atoms with Crippen molar-refractivity contribution in [2.75, 3.05) is 19.7 Å². The number of β-amino-alcohol motifs (C(OH)–C–C–N with tert-alkyl or cyclic N) is 1. The number of ketones is 1. The van der Waals surface area contributed by atoms with Crippen LogP contribution in [0.25, 0.3) is 0 Å². The Morgan fingerprint density at radius 3 is 2.28 bits per heavy atom. The number of rotatable bonds is 9. The van der Waals surface area contributed by atoms with Crippen molar-refractivity contribution in [3.05, 3.63) is 11.1 Å². The van der Waals surface area contributed by atoms with Crippen LogP contribution < -0.4 is 0 Å². The largest absolute Gasteiger partial charge is 0.481 e. The molecule has 50 heavy (non-hydrogen) atoms. The maximum absolute atomic E-state index is 14.0. The summed E-state index contributed by atoms with van der Waals surface area (Å²) in [6.07, 6.45) is 9.23. The highest BCUT2D eigenvalue weighted by atomic mass is 16.5. The van der Waals surface area contributed by atoms with E-state index in [0.29, 0.717) is 24.8 Å². The number of esters is 1. The number of carboxylic acids is 1. The summed E-state index contributed by atoms with van der Waals surface area (Å²) >= 11 is 0. The number of aliphatic hydroxyl groups excluding tert-OH is 2. The van der Waals surface area contributed by atoms with Crippen molar-refractivity contribution in [1.29, 1.82) is 0 Å². The molecule has 0 radical (unpaired) electrons. The van der Waals surface area contributed by atoms with Crippen LogP contribution in [-0.4, -0.2) is 75.9 Å². The summed E-state index contributed by atoms with van der Waals surface area (Å²) in [4.78, 5) is 41.1. The normalized spacial score (nSPS) is 42.1. The number of hydrogen-bond acceptors (Lipinski definition) is 7. The highest BCUT2D eigenvalue weighted by molar-refractivity contribution is 6.00. The molecule has 1 saturated heterocycles. The second-order valence-electron chi connectivity index (χ2n) is 20.0. The van der Waals surface area contributed by atoms with Crippen molar-refractivity contribution < 1.29 is 34.4 Å². The predicted octanol–water partition coefficient (Wildman–Crippen LogP) is 7.20. The minimum Gasteiger partial charge on any atom is -0.481 e. The fourth-order valence-corrected chi connectivity index (χ4v) is 13.7. The van der Waals surface area contributed by atoms with E-state index in [1.165, 1.54) is 5.57 Å². The average Bonchev–Trinajstić information content (AvgIpc) is 3.60. The number of ether oxygens (including phenoxy) is 1. The summed E-state index contributed by atoms with van der Waals surface area (Å²) in [5.41, 5.74) is 0.482. The Kier molecular flexibility index (Phi) is 9.63. The Bertz CT molecular complexity index is 1420. The van der Waals surface area contributed by atoms with E-state index >= 15 is 0 Å². The molecule has 0 aromatic heterocycles. The first-order chi connectivity index (χ1) is 23.2. The van der Waals surface area contributed by atoms with Crippen LogP contribution in [0.4, 0.5) is 0 Å². The zero-order chi connectivity index (χ0) is 36.8. The number of aliphatic hydroxyl groups is 2. The number of likely N-dealkylation sites (tertiary alicyclic amines) is 1. The van der Waals surface area contributed by atoms with E-state index in [-0.39, 0.29) is 64.5 Å². The van der Waals surface area contributed by atoms with Gasteiger partial charge < -0.3 is 20.1 Å². The van der Waals surface area contributed by atoms with Crippen LogP contribution >= 0.6 is 0 Å². The van der Waals surface area contributed by atoms with E-state index in [4.69, 9.17) is 4.74 Å². The quantitative estimate of drug-likeness (QED) is 0.216. The minimum atomic E-state index is -1.16. The van der Waals surface area contributed by atoms with Gasteiger partial charge in [-0.3, -0.25) is 19.3 Å². The Hall–Kier alpha value is -1.77. The lowest BCUT2D eigenvalue weighted by Crippen LogP contribution is -2.66. The molecule has 1 heterocycles. The lowest BCUT2D eigenvalue weighted by Gasteiger charge is -2.72. The van der Waals surface area contributed by atoms with Crippen LogP contribution in [0.1, 0.15) is 139 Å². The van der Waals surface area contributed by atoms with Gasteiger partial charge in [0.1, 0.15) is 6.10 Å². The molecule has 10 atom stereocenters. The molecular formula is C42H67NO7. The van der Waals surface area contributed by atoms with Gasteiger partial charge in [0, 0.05) is 29.8 Å². The van der Waals surface area contributed by atoms with E-state index in [2.05, 4.69) is 53.4 Å². The van der Waals surface area contributed by atoms with Crippen molar-refractivity contribution in [2.24, 2.45) is 56.2 Å². The van der Waals surface area contributed by atoms with Crippen LogP contribution in [0.15, 0.2) is 11.1 Å². The van der Waals surface area contributed by atoms with E-state index in [9.17, 15) is 29.7 Å². The Labute approximate surface area is 301 Å².